The zero-order valence-corrected chi connectivity index (χ0v) is 10.2. The molecule has 1 aromatic carbocycles. The first-order chi connectivity index (χ1) is 7.66. The van der Waals surface area contributed by atoms with Crippen molar-refractivity contribution in [3.63, 3.8) is 0 Å². The summed E-state index contributed by atoms with van der Waals surface area (Å²) in [4.78, 5) is -3.68. The van der Waals surface area contributed by atoms with E-state index in [-0.39, 0.29) is 0 Å². The molecule has 0 aliphatic carbocycles. The standard InChI is InChI=1S/C10H9BrF4O2/c1-9(16,10(11,14)15)6-4-2-3-5-7(6)17-8(12)13/h2-5,8,16H,1H3. The minimum atomic E-state index is -3.68. The van der Waals surface area contributed by atoms with E-state index in [4.69, 9.17) is 0 Å². The van der Waals surface area contributed by atoms with E-state index in [1.54, 1.807) is 0 Å². The van der Waals surface area contributed by atoms with Crippen LogP contribution < -0.4 is 4.74 Å². The van der Waals surface area contributed by atoms with Crippen LogP contribution in [0.5, 0.6) is 5.75 Å². The lowest BCUT2D eigenvalue weighted by Gasteiger charge is -2.30. The van der Waals surface area contributed by atoms with Crippen LogP contribution in [-0.4, -0.2) is 16.5 Å². The van der Waals surface area contributed by atoms with Crippen molar-refractivity contribution in [2.24, 2.45) is 0 Å². The molecule has 0 aromatic heterocycles. The van der Waals surface area contributed by atoms with Crippen molar-refractivity contribution >= 4 is 15.9 Å². The maximum atomic E-state index is 13.1. The number of ether oxygens (including phenoxy) is 1. The Morgan fingerprint density at radius 1 is 1.29 bits per heavy atom. The molecule has 0 aliphatic heterocycles. The summed E-state index contributed by atoms with van der Waals surface area (Å²) < 4.78 is 54.5. The van der Waals surface area contributed by atoms with Crippen LogP contribution >= 0.6 is 15.9 Å². The van der Waals surface area contributed by atoms with Gasteiger partial charge in [-0.15, -0.1) is 0 Å². The first-order valence-electron chi connectivity index (χ1n) is 4.49. The van der Waals surface area contributed by atoms with Crippen LogP contribution in [0.2, 0.25) is 0 Å². The minimum Gasteiger partial charge on any atom is -0.434 e. The van der Waals surface area contributed by atoms with E-state index in [0.717, 1.165) is 19.1 Å². The van der Waals surface area contributed by atoms with E-state index >= 15 is 0 Å². The highest BCUT2D eigenvalue weighted by atomic mass is 79.9. The number of hydrogen-bond donors (Lipinski definition) is 1. The Bertz CT molecular complexity index is 390. The molecule has 2 nitrogen and oxygen atoms in total. The van der Waals surface area contributed by atoms with Crippen LogP contribution in [0.4, 0.5) is 17.6 Å². The molecule has 0 heterocycles. The lowest BCUT2D eigenvalue weighted by atomic mass is 9.95. The molecular formula is C10H9BrF4O2. The zero-order chi connectivity index (χ0) is 13.3. The van der Waals surface area contributed by atoms with E-state index in [0.29, 0.717) is 0 Å². The average molecular weight is 317 g/mol. The Labute approximate surface area is 103 Å². The third-order valence-electron chi connectivity index (χ3n) is 2.18. The van der Waals surface area contributed by atoms with Gasteiger partial charge in [0.1, 0.15) is 5.75 Å². The second kappa shape index (κ2) is 4.81. The normalized spacial score (nSPS) is 15.8. The summed E-state index contributed by atoms with van der Waals surface area (Å²) >= 11 is 2.01. The van der Waals surface area contributed by atoms with Gasteiger partial charge in [-0.05, 0) is 28.9 Å². The van der Waals surface area contributed by atoms with Crippen LogP contribution in [0.15, 0.2) is 24.3 Å². The molecule has 0 bridgehead atoms. The van der Waals surface area contributed by atoms with Crippen LogP contribution in [0.1, 0.15) is 12.5 Å². The summed E-state index contributed by atoms with van der Waals surface area (Å²) in [5.41, 5.74) is -3.10. The summed E-state index contributed by atoms with van der Waals surface area (Å²) in [5.74, 6) is -0.494. The number of hydrogen-bond acceptors (Lipinski definition) is 2. The molecule has 0 spiro atoms. The van der Waals surface area contributed by atoms with Crippen LogP contribution in [0.3, 0.4) is 0 Å². The molecule has 0 saturated heterocycles. The zero-order valence-electron chi connectivity index (χ0n) is 8.63. The number of aliphatic hydroxyl groups is 1. The quantitative estimate of drug-likeness (QED) is 0.680. The Morgan fingerprint density at radius 2 is 1.82 bits per heavy atom. The Kier molecular flexibility index (Phi) is 4.03. The van der Waals surface area contributed by atoms with Crippen LogP contribution in [0, 0.1) is 0 Å². The summed E-state index contributed by atoms with van der Waals surface area (Å²) in [6, 6.07) is 4.84. The molecule has 1 N–H and O–H groups in total. The fraction of sp³-hybridized carbons (Fsp3) is 0.400. The molecule has 1 unspecified atom stereocenters. The van der Waals surface area contributed by atoms with Gasteiger partial charge in [0.2, 0.25) is 0 Å². The molecule has 0 fully saturated rings. The largest absolute Gasteiger partial charge is 0.434 e. The van der Waals surface area contributed by atoms with Gasteiger partial charge in [-0.3, -0.25) is 0 Å². The monoisotopic (exact) mass is 316 g/mol. The second-order valence-corrected chi connectivity index (χ2v) is 4.44. The maximum absolute atomic E-state index is 13.1. The van der Waals surface area contributed by atoms with Gasteiger partial charge >= 0.3 is 11.4 Å². The Morgan fingerprint density at radius 3 is 2.29 bits per heavy atom. The molecule has 0 saturated carbocycles. The molecule has 0 radical (unpaired) electrons. The van der Waals surface area contributed by atoms with E-state index < -0.39 is 28.4 Å². The summed E-state index contributed by atoms with van der Waals surface area (Å²) in [5, 5.41) is 9.69. The molecule has 0 aliphatic rings. The minimum absolute atomic E-state index is 0.429. The summed E-state index contributed by atoms with van der Waals surface area (Å²) in [6.45, 7) is -2.36. The van der Waals surface area contributed by atoms with Gasteiger partial charge in [-0.1, -0.05) is 18.2 Å². The van der Waals surface area contributed by atoms with Crippen molar-refractivity contribution in [1.29, 1.82) is 0 Å². The topological polar surface area (TPSA) is 29.5 Å². The number of rotatable bonds is 4. The van der Waals surface area contributed by atoms with Crippen LogP contribution in [-0.2, 0) is 5.60 Å². The Balaban J connectivity index is 3.22. The number of para-hydroxylation sites is 1. The van der Waals surface area contributed by atoms with Gasteiger partial charge in [-0.25, -0.2) is 0 Å². The number of benzene rings is 1. The van der Waals surface area contributed by atoms with E-state index in [9.17, 15) is 22.7 Å². The first-order valence-corrected chi connectivity index (χ1v) is 5.29. The smallest absolute Gasteiger partial charge is 0.387 e. The van der Waals surface area contributed by atoms with Gasteiger partial charge in [0.25, 0.3) is 0 Å². The molecule has 96 valence electrons. The van der Waals surface area contributed by atoms with Crippen molar-refractivity contribution in [2.75, 3.05) is 0 Å². The third-order valence-corrected chi connectivity index (χ3v) is 2.95. The molecule has 1 atom stereocenters. The van der Waals surface area contributed by atoms with Crippen molar-refractivity contribution in [3.05, 3.63) is 29.8 Å². The molecule has 1 aromatic rings. The highest BCUT2D eigenvalue weighted by Gasteiger charge is 2.49. The van der Waals surface area contributed by atoms with Crippen molar-refractivity contribution in [1.82, 2.24) is 0 Å². The van der Waals surface area contributed by atoms with Gasteiger partial charge in [-0.2, -0.15) is 17.6 Å². The number of halogens is 5. The lowest BCUT2D eigenvalue weighted by Crippen LogP contribution is -2.38. The first kappa shape index (κ1) is 14.2. The lowest BCUT2D eigenvalue weighted by molar-refractivity contribution is -0.113. The van der Waals surface area contributed by atoms with Crippen molar-refractivity contribution in [3.8, 4) is 5.75 Å². The third kappa shape index (κ3) is 3.10. The van der Waals surface area contributed by atoms with E-state index in [2.05, 4.69) is 4.74 Å². The molecular weight excluding hydrogens is 308 g/mol. The fourth-order valence-electron chi connectivity index (χ4n) is 1.22. The van der Waals surface area contributed by atoms with Gasteiger partial charge < -0.3 is 9.84 Å². The predicted octanol–water partition coefficient (Wildman–Crippen LogP) is 3.48. The van der Waals surface area contributed by atoms with E-state index in [1.807, 2.05) is 15.9 Å². The van der Waals surface area contributed by atoms with Gasteiger partial charge in [0.05, 0.1) is 0 Å². The number of alkyl halides is 5. The molecule has 17 heavy (non-hydrogen) atoms. The van der Waals surface area contributed by atoms with Crippen molar-refractivity contribution < 1.29 is 27.4 Å². The summed E-state index contributed by atoms with van der Waals surface area (Å²) in [7, 11) is 0. The predicted molar refractivity (Wildman–Crippen MR) is 56.5 cm³/mol. The summed E-state index contributed by atoms with van der Waals surface area (Å²) in [6.07, 6.45) is 0. The van der Waals surface area contributed by atoms with Crippen LogP contribution in [0.25, 0.3) is 0 Å². The molecule has 0 amide bonds. The Hall–Kier alpha value is -0.820. The highest BCUT2D eigenvalue weighted by molar-refractivity contribution is 9.10. The highest BCUT2D eigenvalue weighted by Crippen LogP contribution is 2.45. The second-order valence-electron chi connectivity index (χ2n) is 3.44. The van der Waals surface area contributed by atoms with E-state index in [1.165, 1.54) is 12.1 Å². The fourth-order valence-corrected chi connectivity index (χ4v) is 1.43. The SMILES string of the molecule is CC(O)(c1ccccc1OC(F)F)C(F)(F)Br. The van der Waals surface area contributed by atoms with Gasteiger partial charge in [0, 0.05) is 5.56 Å². The molecule has 7 heteroatoms. The average Bonchev–Trinajstić information content (AvgIpc) is 2.15. The maximum Gasteiger partial charge on any atom is 0.387 e. The molecule has 1 rings (SSSR count). The van der Waals surface area contributed by atoms with Crippen molar-refractivity contribution in [2.45, 2.75) is 24.0 Å². The van der Waals surface area contributed by atoms with Gasteiger partial charge in [0.15, 0.2) is 5.60 Å².